The monoisotopic (exact) mass is 350 g/mol. The summed E-state index contributed by atoms with van der Waals surface area (Å²) in [5.74, 6) is 1.69. The van der Waals surface area contributed by atoms with Crippen LogP contribution in [0.15, 0.2) is 30.6 Å². The van der Waals surface area contributed by atoms with Gasteiger partial charge in [-0.25, -0.2) is 14.5 Å². The van der Waals surface area contributed by atoms with Gasteiger partial charge in [0.25, 0.3) is 0 Å². The Morgan fingerprint density at radius 1 is 1.16 bits per heavy atom. The quantitative estimate of drug-likeness (QED) is 0.564. The molecule has 6 heteroatoms. The van der Waals surface area contributed by atoms with Crippen molar-refractivity contribution in [3.8, 4) is 5.75 Å². The van der Waals surface area contributed by atoms with Gasteiger partial charge in [0.05, 0.1) is 12.5 Å². The van der Waals surface area contributed by atoms with E-state index in [0.29, 0.717) is 6.42 Å². The Morgan fingerprint density at radius 2 is 2.00 bits per heavy atom. The van der Waals surface area contributed by atoms with Crippen molar-refractivity contribution >= 4 is 27.2 Å². The Balaban J connectivity index is 1.58. The first kappa shape index (κ1) is 14.8. The van der Waals surface area contributed by atoms with Gasteiger partial charge in [-0.1, -0.05) is 12.1 Å². The van der Waals surface area contributed by atoms with Gasteiger partial charge < -0.3 is 4.74 Å². The molecule has 1 aliphatic carbocycles. The van der Waals surface area contributed by atoms with Crippen molar-refractivity contribution in [2.75, 3.05) is 7.11 Å². The summed E-state index contributed by atoms with van der Waals surface area (Å²) < 4.78 is 7.05. The van der Waals surface area contributed by atoms with Crippen molar-refractivity contribution in [1.29, 1.82) is 0 Å². The lowest BCUT2D eigenvalue weighted by Gasteiger charge is -2.09. The molecule has 0 saturated carbocycles. The Bertz CT molecular complexity index is 1060. The number of fused-ring (bicyclic) bond motifs is 5. The van der Waals surface area contributed by atoms with Crippen LogP contribution < -0.4 is 4.74 Å². The third-order valence-corrected chi connectivity index (χ3v) is 6.06. The second-order valence-electron chi connectivity index (χ2n) is 6.46. The highest BCUT2D eigenvalue weighted by Crippen LogP contribution is 2.36. The second kappa shape index (κ2) is 5.81. The minimum Gasteiger partial charge on any atom is -0.497 e. The largest absolute Gasteiger partial charge is 0.497 e. The third kappa shape index (κ3) is 2.48. The standard InChI is InChI=1S/C19H18N4OS/c1-24-13-8-6-12(7-9-13)10-16-21-18-17-14-4-2-3-5-15(14)25-19(17)20-11-23(18)22-16/h6-9,11H,2-5,10H2,1H3. The lowest BCUT2D eigenvalue weighted by molar-refractivity contribution is 0.414. The summed E-state index contributed by atoms with van der Waals surface area (Å²) in [6.45, 7) is 0. The van der Waals surface area contributed by atoms with Crippen LogP contribution in [0, 0.1) is 0 Å². The number of thiophene rings is 1. The molecular weight excluding hydrogens is 332 g/mol. The summed E-state index contributed by atoms with van der Waals surface area (Å²) in [4.78, 5) is 12.1. The third-order valence-electron chi connectivity index (χ3n) is 4.86. The molecule has 0 amide bonds. The number of methoxy groups -OCH3 is 1. The summed E-state index contributed by atoms with van der Waals surface area (Å²) in [5.41, 5.74) is 3.58. The van der Waals surface area contributed by atoms with Crippen molar-refractivity contribution in [1.82, 2.24) is 19.6 Å². The maximum atomic E-state index is 5.22. The first-order valence-electron chi connectivity index (χ1n) is 8.59. The molecular formula is C19H18N4OS. The smallest absolute Gasteiger partial charge is 0.167 e. The van der Waals surface area contributed by atoms with Crippen molar-refractivity contribution in [3.05, 3.63) is 52.4 Å². The molecule has 0 spiro atoms. The van der Waals surface area contributed by atoms with Crippen LogP contribution in [0.4, 0.5) is 0 Å². The minimum atomic E-state index is 0.708. The molecule has 3 aromatic heterocycles. The van der Waals surface area contributed by atoms with E-state index < -0.39 is 0 Å². The molecule has 1 aliphatic rings. The van der Waals surface area contributed by atoms with Crippen molar-refractivity contribution in [2.24, 2.45) is 0 Å². The van der Waals surface area contributed by atoms with Crippen LogP contribution in [-0.2, 0) is 19.3 Å². The highest BCUT2D eigenvalue weighted by atomic mass is 32.1. The Hall–Kier alpha value is -2.47. The minimum absolute atomic E-state index is 0.708. The summed E-state index contributed by atoms with van der Waals surface area (Å²) in [7, 11) is 1.68. The van der Waals surface area contributed by atoms with Gasteiger partial charge in [0, 0.05) is 11.3 Å². The summed E-state index contributed by atoms with van der Waals surface area (Å²) in [5, 5.41) is 5.86. The number of benzene rings is 1. The SMILES string of the molecule is COc1ccc(Cc2nc3c4c5c(sc4ncn3n2)CCCC5)cc1. The van der Waals surface area contributed by atoms with E-state index >= 15 is 0 Å². The van der Waals surface area contributed by atoms with Crippen molar-refractivity contribution < 1.29 is 4.74 Å². The highest BCUT2D eigenvalue weighted by Gasteiger charge is 2.20. The summed E-state index contributed by atoms with van der Waals surface area (Å²) in [6, 6.07) is 8.07. The lowest BCUT2D eigenvalue weighted by Crippen LogP contribution is -1.99. The molecule has 0 atom stereocenters. The molecule has 0 saturated heterocycles. The number of ether oxygens (including phenoxy) is 1. The molecule has 4 aromatic rings. The van der Waals surface area contributed by atoms with Gasteiger partial charge in [0.1, 0.15) is 16.9 Å². The number of nitrogens with zero attached hydrogens (tertiary/aromatic N) is 4. The van der Waals surface area contributed by atoms with Gasteiger partial charge in [0.15, 0.2) is 11.5 Å². The van der Waals surface area contributed by atoms with Gasteiger partial charge in [0.2, 0.25) is 0 Å². The van der Waals surface area contributed by atoms with Crippen molar-refractivity contribution in [2.45, 2.75) is 32.1 Å². The van der Waals surface area contributed by atoms with E-state index in [1.807, 2.05) is 28.0 Å². The van der Waals surface area contributed by atoms with Gasteiger partial charge in [-0.2, -0.15) is 0 Å². The predicted molar refractivity (Wildman–Crippen MR) is 98.6 cm³/mol. The normalized spacial score (nSPS) is 14.1. The first-order valence-corrected chi connectivity index (χ1v) is 9.41. The fourth-order valence-corrected chi connectivity index (χ4v) is 4.82. The fourth-order valence-electron chi connectivity index (χ4n) is 3.60. The summed E-state index contributed by atoms with van der Waals surface area (Å²) in [6.07, 6.45) is 7.36. The zero-order chi connectivity index (χ0) is 16.8. The Kier molecular flexibility index (Phi) is 3.45. The second-order valence-corrected chi connectivity index (χ2v) is 7.54. The van der Waals surface area contributed by atoms with Crippen LogP contribution in [0.5, 0.6) is 5.75 Å². The van der Waals surface area contributed by atoms with E-state index in [1.54, 1.807) is 13.4 Å². The van der Waals surface area contributed by atoms with Gasteiger partial charge in [-0.15, -0.1) is 16.4 Å². The van der Waals surface area contributed by atoms with Crippen LogP contribution in [0.3, 0.4) is 0 Å². The number of aromatic nitrogens is 4. The number of hydrogen-bond acceptors (Lipinski definition) is 5. The Labute approximate surface area is 149 Å². The molecule has 0 fully saturated rings. The van der Waals surface area contributed by atoms with E-state index in [1.165, 1.54) is 40.7 Å². The molecule has 25 heavy (non-hydrogen) atoms. The maximum absolute atomic E-state index is 5.22. The van der Waals surface area contributed by atoms with Crippen LogP contribution in [0.2, 0.25) is 0 Å². The molecule has 1 aromatic carbocycles. The van der Waals surface area contributed by atoms with E-state index in [4.69, 9.17) is 9.72 Å². The Morgan fingerprint density at radius 3 is 2.84 bits per heavy atom. The molecule has 5 rings (SSSR count). The maximum Gasteiger partial charge on any atom is 0.167 e. The van der Waals surface area contributed by atoms with E-state index in [0.717, 1.165) is 28.5 Å². The van der Waals surface area contributed by atoms with Gasteiger partial charge in [-0.05, 0) is 48.9 Å². The van der Waals surface area contributed by atoms with Crippen molar-refractivity contribution in [3.63, 3.8) is 0 Å². The van der Waals surface area contributed by atoms with Gasteiger partial charge in [-0.3, -0.25) is 0 Å². The van der Waals surface area contributed by atoms with E-state index in [2.05, 4.69) is 22.2 Å². The molecule has 0 unspecified atom stereocenters. The van der Waals surface area contributed by atoms with Crippen LogP contribution >= 0.6 is 11.3 Å². The first-order chi connectivity index (χ1) is 12.3. The zero-order valence-corrected chi connectivity index (χ0v) is 14.8. The molecule has 126 valence electrons. The molecule has 0 radical (unpaired) electrons. The van der Waals surface area contributed by atoms with Crippen LogP contribution in [-0.4, -0.2) is 26.7 Å². The summed E-state index contributed by atoms with van der Waals surface area (Å²) >= 11 is 1.83. The zero-order valence-electron chi connectivity index (χ0n) is 14.0. The average molecular weight is 350 g/mol. The highest BCUT2D eigenvalue weighted by molar-refractivity contribution is 7.19. The van der Waals surface area contributed by atoms with Gasteiger partial charge >= 0.3 is 0 Å². The number of hydrogen-bond donors (Lipinski definition) is 0. The van der Waals surface area contributed by atoms with Crippen LogP contribution in [0.1, 0.15) is 34.7 Å². The number of aryl methyl sites for hydroxylation is 2. The number of rotatable bonds is 3. The molecule has 5 nitrogen and oxygen atoms in total. The van der Waals surface area contributed by atoms with E-state index in [-0.39, 0.29) is 0 Å². The molecule has 0 N–H and O–H groups in total. The molecule has 3 heterocycles. The van der Waals surface area contributed by atoms with E-state index in [9.17, 15) is 0 Å². The average Bonchev–Trinajstić information content (AvgIpc) is 3.22. The molecule has 0 bridgehead atoms. The van der Waals surface area contributed by atoms with Crippen LogP contribution in [0.25, 0.3) is 15.9 Å². The lowest BCUT2D eigenvalue weighted by atomic mass is 9.97. The predicted octanol–water partition coefficient (Wildman–Crippen LogP) is 3.82. The topological polar surface area (TPSA) is 52.3 Å². The molecule has 0 aliphatic heterocycles. The fraction of sp³-hybridized carbons (Fsp3) is 0.316.